The van der Waals surface area contributed by atoms with E-state index in [0.29, 0.717) is 39.3 Å². The van der Waals surface area contributed by atoms with Crippen LogP contribution in [0.2, 0.25) is 0 Å². The maximum absolute atomic E-state index is 12.6. The number of rotatable bonds is 45. The van der Waals surface area contributed by atoms with Crippen LogP contribution in [0.15, 0.2) is 0 Å². The molecule has 0 fully saturated rings. The molecule has 2 unspecified atom stereocenters. The second kappa shape index (κ2) is 42.0. The standard InChI is InChI=1S/C48H92N6O11/c1-7-8-9-10-11-12-13-14-15-16-17-18-19-23-45(58)53-41(47(60)61)24-25-42(55)50-29-33-64-37-36-63-32-27-44(57)51-30-34-65-38-35-62-31-26-43(56)49-28-21-20-22-40(52-39(2)3)46(59)54-48(4,5)6/h39-41,52H,7-38H2,1-6H3,(H,49,56)(H,50,55)(H,51,57)(H,53,58)(H,54,59)(H,60,61). The molecular weight excluding hydrogens is 837 g/mol. The summed E-state index contributed by atoms with van der Waals surface area (Å²) in [5.41, 5.74) is -0.295. The van der Waals surface area contributed by atoms with Gasteiger partial charge in [-0.05, 0) is 52.9 Å². The Labute approximate surface area is 391 Å². The highest BCUT2D eigenvalue weighted by atomic mass is 16.5. The molecule has 17 nitrogen and oxygen atoms in total. The third kappa shape index (κ3) is 43.0. The van der Waals surface area contributed by atoms with Crippen molar-refractivity contribution in [1.82, 2.24) is 31.9 Å². The Morgan fingerprint density at radius 1 is 0.477 bits per heavy atom. The maximum Gasteiger partial charge on any atom is 0.326 e. The minimum Gasteiger partial charge on any atom is -0.480 e. The van der Waals surface area contributed by atoms with Crippen LogP contribution in [0.25, 0.3) is 0 Å². The Bertz CT molecular complexity index is 1250. The van der Waals surface area contributed by atoms with Crippen molar-refractivity contribution in [2.24, 2.45) is 0 Å². The predicted octanol–water partition coefficient (Wildman–Crippen LogP) is 5.46. The fraction of sp³-hybridized carbons (Fsp3) is 0.875. The van der Waals surface area contributed by atoms with Gasteiger partial charge in [-0.3, -0.25) is 24.0 Å². The van der Waals surface area contributed by atoms with Gasteiger partial charge in [0.1, 0.15) is 6.04 Å². The summed E-state index contributed by atoms with van der Waals surface area (Å²) in [5, 5.41) is 26.8. The van der Waals surface area contributed by atoms with E-state index in [1.807, 2.05) is 34.6 Å². The van der Waals surface area contributed by atoms with E-state index in [-0.39, 0.29) is 119 Å². The van der Waals surface area contributed by atoms with Gasteiger partial charge in [-0.15, -0.1) is 0 Å². The quantitative estimate of drug-likeness (QED) is 0.0378. The molecule has 0 aromatic rings. The average Bonchev–Trinajstić information content (AvgIpc) is 3.24. The van der Waals surface area contributed by atoms with Crippen LogP contribution >= 0.6 is 0 Å². The molecule has 0 aliphatic rings. The topological polar surface area (TPSA) is 232 Å². The van der Waals surface area contributed by atoms with Crippen molar-refractivity contribution in [1.29, 1.82) is 0 Å². The number of ether oxygens (including phenoxy) is 4. The van der Waals surface area contributed by atoms with Crippen molar-refractivity contribution in [2.75, 3.05) is 72.5 Å². The van der Waals surface area contributed by atoms with Crippen molar-refractivity contribution >= 4 is 35.5 Å². The Hall–Kier alpha value is -3.38. The third-order valence-corrected chi connectivity index (χ3v) is 10.2. The molecule has 2 atom stereocenters. The molecule has 0 aliphatic carbocycles. The highest BCUT2D eigenvalue weighted by Gasteiger charge is 2.23. The number of carboxylic acid groups (broad SMARTS) is 1. The van der Waals surface area contributed by atoms with Crippen LogP contribution in [0.5, 0.6) is 0 Å². The Kier molecular flexibility index (Phi) is 39.8. The monoisotopic (exact) mass is 929 g/mol. The van der Waals surface area contributed by atoms with Crippen molar-refractivity contribution in [3.8, 4) is 0 Å². The number of carbonyl (C=O) groups is 6. The van der Waals surface area contributed by atoms with Gasteiger partial charge in [-0.25, -0.2) is 4.79 Å². The van der Waals surface area contributed by atoms with Gasteiger partial charge in [0.25, 0.3) is 0 Å². The highest BCUT2D eigenvalue weighted by Crippen LogP contribution is 2.13. The second-order valence-corrected chi connectivity index (χ2v) is 18.1. The molecule has 65 heavy (non-hydrogen) atoms. The smallest absolute Gasteiger partial charge is 0.326 e. The van der Waals surface area contributed by atoms with E-state index in [2.05, 4.69) is 38.8 Å². The zero-order chi connectivity index (χ0) is 48.4. The number of aliphatic carboxylic acids is 1. The molecule has 0 saturated carbocycles. The van der Waals surface area contributed by atoms with E-state index in [1.54, 1.807) is 0 Å². The summed E-state index contributed by atoms with van der Waals surface area (Å²) in [6.07, 6.45) is 18.6. The molecule has 0 aromatic carbocycles. The van der Waals surface area contributed by atoms with Crippen molar-refractivity contribution < 1.29 is 52.8 Å². The van der Waals surface area contributed by atoms with Crippen molar-refractivity contribution in [3.05, 3.63) is 0 Å². The van der Waals surface area contributed by atoms with Crippen LogP contribution in [-0.2, 0) is 47.7 Å². The van der Waals surface area contributed by atoms with Gasteiger partial charge in [0, 0.05) is 56.9 Å². The van der Waals surface area contributed by atoms with Crippen molar-refractivity contribution in [2.45, 2.75) is 200 Å². The van der Waals surface area contributed by atoms with Crippen LogP contribution in [0.1, 0.15) is 176 Å². The summed E-state index contributed by atoms with van der Waals surface area (Å²) in [7, 11) is 0. The zero-order valence-electron chi connectivity index (χ0n) is 41.4. The lowest BCUT2D eigenvalue weighted by Crippen LogP contribution is -2.52. The van der Waals surface area contributed by atoms with E-state index in [4.69, 9.17) is 18.9 Å². The summed E-state index contributed by atoms with van der Waals surface area (Å²) in [4.78, 5) is 73.0. The molecule has 0 spiro atoms. The lowest BCUT2D eigenvalue weighted by molar-refractivity contribution is -0.142. The summed E-state index contributed by atoms with van der Waals surface area (Å²) in [6.45, 7) is 15.6. The van der Waals surface area contributed by atoms with E-state index in [0.717, 1.165) is 32.1 Å². The minimum atomic E-state index is -1.16. The van der Waals surface area contributed by atoms with Gasteiger partial charge in [0.15, 0.2) is 0 Å². The first-order valence-corrected chi connectivity index (χ1v) is 24.9. The molecular formula is C48H92N6O11. The number of carbonyl (C=O) groups excluding carboxylic acids is 5. The number of unbranched alkanes of at least 4 members (excludes halogenated alkanes) is 13. The molecule has 0 heterocycles. The van der Waals surface area contributed by atoms with Gasteiger partial charge < -0.3 is 56.0 Å². The van der Waals surface area contributed by atoms with Gasteiger partial charge in [0.05, 0.1) is 58.9 Å². The summed E-state index contributed by atoms with van der Waals surface area (Å²) in [5.74, 6) is -2.05. The molecule has 5 amide bonds. The second-order valence-electron chi connectivity index (χ2n) is 18.1. The molecule has 0 radical (unpaired) electrons. The van der Waals surface area contributed by atoms with Gasteiger partial charge >= 0.3 is 5.97 Å². The molecule has 0 saturated heterocycles. The molecule has 0 rings (SSSR count). The van der Waals surface area contributed by atoms with E-state index < -0.39 is 12.0 Å². The van der Waals surface area contributed by atoms with Crippen LogP contribution in [-0.4, -0.2) is 137 Å². The van der Waals surface area contributed by atoms with Crippen LogP contribution < -0.4 is 31.9 Å². The predicted molar refractivity (Wildman–Crippen MR) is 254 cm³/mol. The van der Waals surface area contributed by atoms with E-state index in [1.165, 1.54) is 64.2 Å². The molecule has 0 bridgehead atoms. The number of nitrogens with one attached hydrogen (secondary N) is 6. The lowest BCUT2D eigenvalue weighted by Gasteiger charge is -2.26. The lowest BCUT2D eigenvalue weighted by atomic mass is 10.0. The SMILES string of the molecule is CCCCCCCCCCCCCCCC(=O)NC(CCC(=O)NCCOCCOCCC(=O)NCCOCCOCCC(=O)NCCCCC(NC(C)C)C(=O)NC(C)(C)C)C(=O)O. The largest absolute Gasteiger partial charge is 0.480 e. The summed E-state index contributed by atoms with van der Waals surface area (Å²) in [6, 6.07) is -1.20. The van der Waals surface area contributed by atoms with Gasteiger partial charge in [-0.1, -0.05) is 97.8 Å². The molecule has 7 N–H and O–H groups in total. The first-order valence-electron chi connectivity index (χ1n) is 24.9. The van der Waals surface area contributed by atoms with Crippen LogP contribution in [0.4, 0.5) is 0 Å². The Morgan fingerprint density at radius 2 is 0.923 bits per heavy atom. The Morgan fingerprint density at radius 3 is 1.38 bits per heavy atom. The zero-order valence-corrected chi connectivity index (χ0v) is 41.4. The maximum atomic E-state index is 12.6. The number of amides is 5. The Balaban J connectivity index is 3.71. The highest BCUT2D eigenvalue weighted by molar-refractivity contribution is 5.84. The van der Waals surface area contributed by atoms with E-state index >= 15 is 0 Å². The minimum absolute atomic E-state index is 0.00218. The summed E-state index contributed by atoms with van der Waals surface area (Å²) < 4.78 is 21.8. The molecule has 17 heteroatoms. The fourth-order valence-corrected chi connectivity index (χ4v) is 6.72. The van der Waals surface area contributed by atoms with Crippen LogP contribution in [0.3, 0.4) is 0 Å². The fourth-order valence-electron chi connectivity index (χ4n) is 6.72. The average molecular weight is 929 g/mol. The number of hydrogen-bond donors (Lipinski definition) is 7. The van der Waals surface area contributed by atoms with Crippen molar-refractivity contribution in [3.63, 3.8) is 0 Å². The van der Waals surface area contributed by atoms with Crippen LogP contribution in [0, 0.1) is 0 Å². The first kappa shape index (κ1) is 61.6. The molecule has 380 valence electrons. The molecule has 0 aliphatic heterocycles. The van der Waals surface area contributed by atoms with Gasteiger partial charge in [0.2, 0.25) is 29.5 Å². The van der Waals surface area contributed by atoms with E-state index in [9.17, 15) is 33.9 Å². The van der Waals surface area contributed by atoms with Gasteiger partial charge in [-0.2, -0.15) is 0 Å². The number of carboxylic acids is 1. The normalized spacial score (nSPS) is 12.4. The summed E-state index contributed by atoms with van der Waals surface area (Å²) >= 11 is 0. The molecule has 0 aromatic heterocycles. The third-order valence-electron chi connectivity index (χ3n) is 10.2. The first-order chi connectivity index (χ1) is 31.1. The number of hydrogen-bond acceptors (Lipinski definition) is 11.